The van der Waals surface area contributed by atoms with Crippen molar-refractivity contribution in [3.8, 4) is 0 Å². The van der Waals surface area contributed by atoms with Crippen LogP contribution in [0.15, 0.2) is 9.85 Å². The molecule has 2 atom stereocenters. The average molecular weight is 429 g/mol. The Bertz CT molecular complexity index is 611. The molecular formula is C19H29BrN2O2S. The molecule has 0 spiro atoms. The van der Waals surface area contributed by atoms with Crippen LogP contribution in [-0.4, -0.2) is 36.2 Å². The monoisotopic (exact) mass is 428 g/mol. The second-order valence-corrected chi connectivity index (χ2v) is 10.7. The largest absolute Gasteiger partial charge is 0.444 e. The highest BCUT2D eigenvalue weighted by molar-refractivity contribution is 9.11. The van der Waals surface area contributed by atoms with Crippen molar-refractivity contribution in [1.82, 2.24) is 10.2 Å². The third-order valence-corrected chi connectivity index (χ3v) is 6.68. The van der Waals surface area contributed by atoms with Crippen LogP contribution in [0.5, 0.6) is 0 Å². The lowest BCUT2D eigenvalue weighted by molar-refractivity contribution is 0.0287. The maximum Gasteiger partial charge on any atom is 0.410 e. The van der Waals surface area contributed by atoms with E-state index in [4.69, 9.17) is 4.74 Å². The van der Waals surface area contributed by atoms with Crippen LogP contribution < -0.4 is 5.32 Å². The number of hydrogen-bond donors (Lipinski definition) is 1. The van der Waals surface area contributed by atoms with E-state index in [9.17, 15) is 4.79 Å². The lowest BCUT2D eigenvalue weighted by Gasteiger charge is -2.25. The number of carbonyl (C=O) groups is 1. The number of fused-ring (bicyclic) bond motifs is 1. The smallest absolute Gasteiger partial charge is 0.410 e. The third-order valence-electron chi connectivity index (χ3n) is 4.96. The van der Waals surface area contributed by atoms with E-state index in [-0.39, 0.29) is 6.09 Å². The maximum absolute atomic E-state index is 12.2. The first-order valence-electron chi connectivity index (χ1n) is 9.31. The molecule has 1 aliphatic heterocycles. The molecule has 1 saturated heterocycles. The number of halogens is 1. The molecule has 1 N–H and O–H groups in total. The van der Waals surface area contributed by atoms with Crippen LogP contribution in [0.2, 0.25) is 0 Å². The number of likely N-dealkylation sites (tertiary alicyclic amines) is 1. The van der Waals surface area contributed by atoms with E-state index in [1.54, 1.807) is 0 Å². The molecular weight excluding hydrogens is 400 g/mol. The lowest BCUT2D eigenvalue weighted by atomic mass is 9.93. The second kappa shape index (κ2) is 7.97. The molecule has 2 unspecified atom stereocenters. The van der Waals surface area contributed by atoms with E-state index >= 15 is 0 Å². The summed E-state index contributed by atoms with van der Waals surface area (Å²) in [4.78, 5) is 15.6. The number of rotatable bonds is 4. The Morgan fingerprint density at radius 1 is 1.44 bits per heavy atom. The van der Waals surface area contributed by atoms with Gasteiger partial charge in [0.15, 0.2) is 0 Å². The van der Waals surface area contributed by atoms with Crippen molar-refractivity contribution in [2.24, 2.45) is 5.92 Å². The minimum Gasteiger partial charge on any atom is -0.444 e. The summed E-state index contributed by atoms with van der Waals surface area (Å²) in [6.45, 7) is 8.43. The minimum absolute atomic E-state index is 0.164. The molecule has 0 radical (unpaired) electrons. The van der Waals surface area contributed by atoms with Crippen LogP contribution in [0, 0.1) is 5.92 Å². The highest BCUT2D eigenvalue weighted by Gasteiger charge is 2.30. The van der Waals surface area contributed by atoms with Crippen molar-refractivity contribution in [1.29, 1.82) is 0 Å². The van der Waals surface area contributed by atoms with Crippen LogP contribution in [0.3, 0.4) is 0 Å². The molecule has 2 heterocycles. The van der Waals surface area contributed by atoms with Crippen molar-refractivity contribution in [2.75, 3.05) is 19.6 Å². The Labute approximate surface area is 163 Å². The van der Waals surface area contributed by atoms with Gasteiger partial charge in [-0.15, -0.1) is 11.3 Å². The highest BCUT2D eigenvalue weighted by Crippen LogP contribution is 2.38. The van der Waals surface area contributed by atoms with E-state index in [0.29, 0.717) is 12.0 Å². The van der Waals surface area contributed by atoms with Gasteiger partial charge >= 0.3 is 6.09 Å². The molecule has 3 rings (SSSR count). The highest BCUT2D eigenvalue weighted by atomic mass is 79.9. The number of aryl methyl sites for hydroxylation is 1. The molecule has 1 aliphatic carbocycles. The standard InChI is InChI=1S/C19H29BrN2O2S/c1-19(2,3)24-18(23)22-10-8-13(12-22)7-9-21-15-5-4-6-16-14(15)11-17(20)25-16/h11,13,15,21H,4-10,12H2,1-3H3. The van der Waals surface area contributed by atoms with Crippen LogP contribution in [-0.2, 0) is 11.2 Å². The number of carbonyl (C=O) groups excluding carboxylic acids is 1. The van der Waals surface area contributed by atoms with E-state index in [1.165, 1.54) is 33.5 Å². The number of thiophene rings is 1. The van der Waals surface area contributed by atoms with Crippen molar-refractivity contribution in [2.45, 2.75) is 64.5 Å². The molecule has 0 bridgehead atoms. The maximum atomic E-state index is 12.2. The zero-order valence-electron chi connectivity index (χ0n) is 15.4. The SMILES string of the molecule is CC(C)(C)OC(=O)N1CCC(CCNC2CCCc3sc(Br)cc32)C1. The fourth-order valence-electron chi connectivity index (χ4n) is 3.76. The van der Waals surface area contributed by atoms with Gasteiger partial charge in [0.2, 0.25) is 0 Å². The van der Waals surface area contributed by atoms with Crippen LogP contribution in [0.25, 0.3) is 0 Å². The number of hydrogen-bond acceptors (Lipinski definition) is 4. The topological polar surface area (TPSA) is 41.6 Å². The summed E-state index contributed by atoms with van der Waals surface area (Å²) in [7, 11) is 0. The van der Waals surface area contributed by atoms with Gasteiger partial charge in [-0.05, 0) is 92.9 Å². The molecule has 1 fully saturated rings. The zero-order valence-corrected chi connectivity index (χ0v) is 17.8. The zero-order chi connectivity index (χ0) is 18.0. The molecule has 1 amide bonds. The molecule has 6 heteroatoms. The van der Waals surface area contributed by atoms with Gasteiger partial charge in [0, 0.05) is 24.0 Å². The first-order chi connectivity index (χ1) is 11.8. The second-order valence-electron chi connectivity index (χ2n) is 8.20. The molecule has 25 heavy (non-hydrogen) atoms. The van der Waals surface area contributed by atoms with Gasteiger partial charge in [0.05, 0.1) is 3.79 Å². The molecule has 140 valence electrons. The normalized spacial score (nSPS) is 23.6. The summed E-state index contributed by atoms with van der Waals surface area (Å²) in [5, 5.41) is 3.75. The molecule has 4 nitrogen and oxygen atoms in total. The Balaban J connectivity index is 1.43. The van der Waals surface area contributed by atoms with Gasteiger partial charge in [-0.3, -0.25) is 0 Å². The predicted molar refractivity (Wildman–Crippen MR) is 106 cm³/mol. The summed E-state index contributed by atoms with van der Waals surface area (Å²) in [5.41, 5.74) is 1.08. The van der Waals surface area contributed by atoms with E-state index in [0.717, 1.165) is 32.5 Å². The molecule has 1 aromatic rings. The first-order valence-corrected chi connectivity index (χ1v) is 10.9. The van der Waals surface area contributed by atoms with Crippen molar-refractivity contribution in [3.63, 3.8) is 0 Å². The van der Waals surface area contributed by atoms with Crippen LogP contribution in [0.1, 0.15) is 62.9 Å². The number of amides is 1. The number of ether oxygens (including phenoxy) is 1. The predicted octanol–water partition coefficient (Wildman–Crippen LogP) is 5.12. The van der Waals surface area contributed by atoms with Gasteiger partial charge in [0.25, 0.3) is 0 Å². The van der Waals surface area contributed by atoms with Crippen LogP contribution in [0.4, 0.5) is 4.79 Å². The van der Waals surface area contributed by atoms with E-state index < -0.39 is 5.60 Å². The Morgan fingerprint density at radius 3 is 3.00 bits per heavy atom. The van der Waals surface area contributed by atoms with Gasteiger partial charge in [-0.1, -0.05) is 0 Å². The van der Waals surface area contributed by atoms with Crippen molar-refractivity contribution < 1.29 is 9.53 Å². The quantitative estimate of drug-likeness (QED) is 0.722. The molecule has 0 saturated carbocycles. The summed E-state index contributed by atoms with van der Waals surface area (Å²) < 4.78 is 6.72. The van der Waals surface area contributed by atoms with E-state index in [1.807, 2.05) is 37.0 Å². The third kappa shape index (κ3) is 5.20. The first kappa shape index (κ1) is 19.2. The van der Waals surface area contributed by atoms with Crippen LogP contribution >= 0.6 is 27.3 Å². The lowest BCUT2D eigenvalue weighted by Crippen LogP contribution is -2.35. The summed E-state index contributed by atoms with van der Waals surface area (Å²) in [6.07, 6.45) is 5.76. The Morgan fingerprint density at radius 2 is 2.24 bits per heavy atom. The summed E-state index contributed by atoms with van der Waals surface area (Å²) in [6, 6.07) is 2.78. The van der Waals surface area contributed by atoms with Gasteiger partial charge in [-0.25, -0.2) is 4.79 Å². The minimum atomic E-state index is -0.412. The molecule has 1 aromatic heterocycles. The Hall–Kier alpha value is -0.590. The molecule has 2 aliphatic rings. The number of nitrogens with zero attached hydrogens (tertiary/aromatic N) is 1. The average Bonchev–Trinajstić information content (AvgIpc) is 3.11. The summed E-state index contributed by atoms with van der Waals surface area (Å²) in [5.74, 6) is 0.581. The van der Waals surface area contributed by atoms with Crippen molar-refractivity contribution >= 4 is 33.4 Å². The van der Waals surface area contributed by atoms with Gasteiger partial charge in [-0.2, -0.15) is 0 Å². The Kier molecular flexibility index (Phi) is 6.11. The molecule has 0 aromatic carbocycles. The fraction of sp³-hybridized carbons (Fsp3) is 0.737. The van der Waals surface area contributed by atoms with Gasteiger partial charge < -0.3 is 15.0 Å². The number of nitrogens with one attached hydrogen (secondary N) is 1. The fourth-order valence-corrected chi connectivity index (χ4v) is 5.58. The summed E-state index contributed by atoms with van der Waals surface area (Å²) >= 11 is 5.50. The van der Waals surface area contributed by atoms with Gasteiger partial charge in [0.1, 0.15) is 5.60 Å². The van der Waals surface area contributed by atoms with Crippen molar-refractivity contribution in [3.05, 3.63) is 20.3 Å². The van der Waals surface area contributed by atoms with E-state index in [2.05, 4.69) is 27.3 Å².